The minimum Gasteiger partial charge on any atom is -0.313 e. The highest BCUT2D eigenvalue weighted by Gasteiger charge is 2.31. The van der Waals surface area contributed by atoms with Gasteiger partial charge in [-0.25, -0.2) is 13.1 Å². The van der Waals surface area contributed by atoms with Crippen molar-refractivity contribution in [2.24, 2.45) is 0 Å². The first kappa shape index (κ1) is 17.3. The quantitative estimate of drug-likeness (QED) is 0.709. The molecule has 0 radical (unpaired) electrons. The zero-order valence-electron chi connectivity index (χ0n) is 12.6. The average molecular weight is 349 g/mol. The van der Waals surface area contributed by atoms with E-state index < -0.39 is 10.0 Å². The van der Waals surface area contributed by atoms with Crippen molar-refractivity contribution in [1.29, 1.82) is 0 Å². The van der Waals surface area contributed by atoms with Gasteiger partial charge in [-0.1, -0.05) is 6.92 Å². The van der Waals surface area contributed by atoms with Crippen molar-refractivity contribution in [3.05, 3.63) is 17.0 Å². The van der Waals surface area contributed by atoms with Crippen molar-refractivity contribution in [2.45, 2.75) is 48.6 Å². The Balaban J connectivity index is 1.92. The Morgan fingerprint density at radius 3 is 2.90 bits per heavy atom. The molecule has 1 saturated heterocycles. The molecule has 7 heteroatoms. The fraction of sp³-hybridized carbons (Fsp3) is 0.714. The SMILES string of the molecule is CCCNCc1csc(S(=O)(=O)NCC2(C)CCCS2)c1. The summed E-state index contributed by atoms with van der Waals surface area (Å²) in [6.07, 6.45) is 3.33. The van der Waals surface area contributed by atoms with E-state index in [-0.39, 0.29) is 4.75 Å². The molecule has 1 aromatic rings. The zero-order valence-corrected chi connectivity index (χ0v) is 15.1. The molecule has 4 nitrogen and oxygen atoms in total. The van der Waals surface area contributed by atoms with Crippen molar-refractivity contribution in [2.75, 3.05) is 18.8 Å². The van der Waals surface area contributed by atoms with Crippen LogP contribution in [-0.2, 0) is 16.6 Å². The van der Waals surface area contributed by atoms with Crippen LogP contribution in [0.2, 0.25) is 0 Å². The molecule has 0 saturated carbocycles. The van der Waals surface area contributed by atoms with Crippen LogP contribution >= 0.6 is 23.1 Å². The molecule has 0 aliphatic carbocycles. The summed E-state index contributed by atoms with van der Waals surface area (Å²) in [5, 5.41) is 5.21. The molecular weight excluding hydrogens is 324 g/mol. The van der Waals surface area contributed by atoms with E-state index >= 15 is 0 Å². The van der Waals surface area contributed by atoms with E-state index in [1.54, 1.807) is 6.07 Å². The van der Waals surface area contributed by atoms with Crippen LogP contribution in [0.25, 0.3) is 0 Å². The third kappa shape index (κ3) is 4.96. The molecule has 2 rings (SSSR count). The molecule has 1 fully saturated rings. The van der Waals surface area contributed by atoms with Gasteiger partial charge in [-0.3, -0.25) is 0 Å². The number of hydrogen-bond donors (Lipinski definition) is 2. The number of nitrogens with one attached hydrogen (secondary N) is 2. The van der Waals surface area contributed by atoms with Crippen molar-refractivity contribution in [3.8, 4) is 0 Å². The lowest BCUT2D eigenvalue weighted by atomic mass is 10.1. The number of sulfonamides is 1. The van der Waals surface area contributed by atoms with Crippen LogP contribution in [0.4, 0.5) is 0 Å². The van der Waals surface area contributed by atoms with Gasteiger partial charge in [0, 0.05) is 17.8 Å². The van der Waals surface area contributed by atoms with Gasteiger partial charge in [-0.2, -0.15) is 11.8 Å². The van der Waals surface area contributed by atoms with E-state index in [1.165, 1.54) is 17.8 Å². The molecule has 0 amide bonds. The Morgan fingerprint density at radius 2 is 2.24 bits per heavy atom. The fourth-order valence-corrected chi connectivity index (χ4v) is 6.05. The van der Waals surface area contributed by atoms with E-state index in [1.807, 2.05) is 17.1 Å². The van der Waals surface area contributed by atoms with Crippen LogP contribution in [0.3, 0.4) is 0 Å². The van der Waals surface area contributed by atoms with Crippen molar-refractivity contribution in [1.82, 2.24) is 10.0 Å². The van der Waals surface area contributed by atoms with Gasteiger partial charge in [0.25, 0.3) is 0 Å². The summed E-state index contributed by atoms with van der Waals surface area (Å²) in [6.45, 7) is 6.45. The first-order valence-corrected chi connectivity index (χ1v) is 10.7. The van der Waals surface area contributed by atoms with Gasteiger partial charge in [-0.15, -0.1) is 11.3 Å². The van der Waals surface area contributed by atoms with Crippen molar-refractivity contribution >= 4 is 33.1 Å². The third-order valence-corrected chi connectivity index (χ3v) is 8.01. The van der Waals surface area contributed by atoms with Gasteiger partial charge < -0.3 is 5.32 Å². The normalized spacial score (nSPS) is 22.8. The maximum Gasteiger partial charge on any atom is 0.250 e. The van der Waals surface area contributed by atoms with Crippen LogP contribution in [-0.4, -0.2) is 32.0 Å². The Labute approximate surface area is 136 Å². The summed E-state index contributed by atoms with van der Waals surface area (Å²) in [4.78, 5) is 0. The average Bonchev–Trinajstić information content (AvgIpc) is 3.07. The van der Waals surface area contributed by atoms with E-state index in [4.69, 9.17) is 0 Å². The number of rotatable bonds is 8. The second-order valence-corrected chi connectivity index (χ2v) is 10.3. The predicted molar refractivity (Wildman–Crippen MR) is 91.6 cm³/mol. The first-order valence-electron chi connectivity index (χ1n) is 7.37. The molecular formula is C14H24N2O2S3. The summed E-state index contributed by atoms with van der Waals surface area (Å²) >= 11 is 3.16. The molecule has 120 valence electrons. The molecule has 1 aromatic heterocycles. The maximum atomic E-state index is 12.3. The third-order valence-electron chi connectivity index (χ3n) is 3.59. The maximum absolute atomic E-state index is 12.3. The van der Waals surface area contributed by atoms with Gasteiger partial charge in [-0.05, 0) is 55.5 Å². The van der Waals surface area contributed by atoms with Crippen LogP contribution < -0.4 is 10.0 Å². The summed E-state index contributed by atoms with van der Waals surface area (Å²) in [7, 11) is -3.37. The summed E-state index contributed by atoms with van der Waals surface area (Å²) in [6, 6.07) is 1.78. The molecule has 21 heavy (non-hydrogen) atoms. The van der Waals surface area contributed by atoms with Gasteiger partial charge in [0.1, 0.15) is 4.21 Å². The summed E-state index contributed by atoms with van der Waals surface area (Å²) in [5.74, 6) is 1.13. The van der Waals surface area contributed by atoms with Gasteiger partial charge >= 0.3 is 0 Å². The van der Waals surface area contributed by atoms with E-state index in [2.05, 4.69) is 23.9 Å². The second kappa shape index (κ2) is 7.46. The zero-order chi connectivity index (χ0) is 15.3. The lowest BCUT2D eigenvalue weighted by Crippen LogP contribution is -2.36. The van der Waals surface area contributed by atoms with Crippen LogP contribution in [0.15, 0.2) is 15.7 Å². The molecule has 0 bridgehead atoms. The number of thiophene rings is 1. The molecule has 1 unspecified atom stereocenters. The van der Waals surface area contributed by atoms with Gasteiger partial charge in [0.15, 0.2) is 0 Å². The Bertz CT molecular complexity index is 548. The molecule has 1 aliphatic heterocycles. The molecule has 1 aliphatic rings. The lowest BCUT2D eigenvalue weighted by Gasteiger charge is -2.22. The molecule has 2 heterocycles. The van der Waals surface area contributed by atoms with Crippen LogP contribution in [0, 0.1) is 0 Å². The molecule has 2 N–H and O–H groups in total. The minimum atomic E-state index is -3.37. The largest absolute Gasteiger partial charge is 0.313 e. The lowest BCUT2D eigenvalue weighted by molar-refractivity contribution is 0.554. The van der Waals surface area contributed by atoms with E-state index in [9.17, 15) is 8.42 Å². The molecule has 0 spiro atoms. The van der Waals surface area contributed by atoms with Crippen molar-refractivity contribution in [3.63, 3.8) is 0 Å². The standard InChI is InChI=1S/C14H24N2O2S3/c1-3-6-15-9-12-8-13(19-10-12)21(17,18)16-11-14(2)5-4-7-20-14/h8,10,15-16H,3-7,9,11H2,1-2H3. The van der Waals surface area contributed by atoms with Gasteiger partial charge in [0.05, 0.1) is 0 Å². The minimum absolute atomic E-state index is 0.0514. The Kier molecular flexibility index (Phi) is 6.14. The molecule has 0 aromatic carbocycles. The van der Waals surface area contributed by atoms with E-state index in [0.29, 0.717) is 10.8 Å². The number of thioether (sulfide) groups is 1. The fourth-order valence-electron chi connectivity index (χ4n) is 2.29. The Morgan fingerprint density at radius 1 is 1.43 bits per heavy atom. The number of hydrogen-bond acceptors (Lipinski definition) is 5. The topological polar surface area (TPSA) is 58.2 Å². The van der Waals surface area contributed by atoms with Crippen LogP contribution in [0.1, 0.15) is 38.7 Å². The van der Waals surface area contributed by atoms with Gasteiger partial charge in [0.2, 0.25) is 10.0 Å². The Hall–Kier alpha value is -0.0800. The smallest absolute Gasteiger partial charge is 0.250 e. The summed E-state index contributed by atoms with van der Waals surface area (Å²) in [5.41, 5.74) is 1.04. The predicted octanol–water partition coefficient (Wildman–Crippen LogP) is 2.81. The highest BCUT2D eigenvalue weighted by Crippen LogP contribution is 2.37. The van der Waals surface area contributed by atoms with E-state index in [0.717, 1.165) is 37.2 Å². The van der Waals surface area contributed by atoms with Crippen LogP contribution in [0.5, 0.6) is 0 Å². The van der Waals surface area contributed by atoms with Crippen molar-refractivity contribution < 1.29 is 8.42 Å². The summed E-state index contributed by atoms with van der Waals surface area (Å²) < 4.78 is 27.9. The monoisotopic (exact) mass is 348 g/mol. The highest BCUT2D eigenvalue weighted by molar-refractivity contribution is 8.01. The first-order chi connectivity index (χ1) is 9.95. The second-order valence-electron chi connectivity index (χ2n) is 5.68. The highest BCUT2D eigenvalue weighted by atomic mass is 32.2. The molecule has 1 atom stereocenters.